The number of carbonyl (C=O) groups is 2. The molecule has 3 aromatic carbocycles. The van der Waals surface area contributed by atoms with Crippen LogP contribution in [-0.4, -0.2) is 33.2 Å². The van der Waals surface area contributed by atoms with Gasteiger partial charge in [0.05, 0.1) is 23.2 Å². The lowest BCUT2D eigenvalue weighted by atomic mass is 10.1. The second kappa shape index (κ2) is 12.1. The predicted octanol–water partition coefficient (Wildman–Crippen LogP) is 4.64. The first-order chi connectivity index (χ1) is 17.8. The Morgan fingerprint density at radius 1 is 1.00 bits per heavy atom. The molecule has 2 N–H and O–H groups in total. The first kappa shape index (κ1) is 26.4. The number of nitrogens with zero attached hydrogens (tertiary/aromatic N) is 2. The van der Waals surface area contributed by atoms with E-state index in [1.165, 1.54) is 16.3 Å². The molecular formula is C28H27ClN4O3S. The number of benzene rings is 3. The Labute approximate surface area is 224 Å². The monoisotopic (exact) mass is 534 g/mol. The summed E-state index contributed by atoms with van der Waals surface area (Å²) in [7, 11) is 0. The van der Waals surface area contributed by atoms with Crippen molar-refractivity contribution in [2.75, 3.05) is 5.75 Å². The van der Waals surface area contributed by atoms with Crippen LogP contribution in [0.3, 0.4) is 0 Å². The van der Waals surface area contributed by atoms with Crippen LogP contribution in [0.15, 0.2) is 82.7 Å². The number of hydrogen-bond donors (Lipinski definition) is 2. The summed E-state index contributed by atoms with van der Waals surface area (Å²) in [6, 6.07) is 21.7. The highest BCUT2D eigenvalue weighted by Gasteiger charge is 2.15. The van der Waals surface area contributed by atoms with E-state index in [0.29, 0.717) is 33.2 Å². The maximum atomic E-state index is 13.4. The van der Waals surface area contributed by atoms with E-state index in [-0.39, 0.29) is 35.7 Å². The standard InChI is InChI=1S/C28H27ClN4O3S/c1-18(2)31-26(35)21-10-8-20(9-11-21)16-33-27(36)23-14-22(29)12-13-24(23)32-28(33)37-17-25(34)30-15-19-6-4-3-5-7-19/h3-14,18H,15-17H2,1-2H3,(H,30,34)(H,31,35). The molecule has 9 heteroatoms. The van der Waals surface area contributed by atoms with Crippen molar-refractivity contribution in [3.8, 4) is 0 Å². The number of hydrogen-bond acceptors (Lipinski definition) is 5. The molecule has 1 aromatic heterocycles. The molecule has 0 aliphatic heterocycles. The van der Waals surface area contributed by atoms with Crippen LogP contribution >= 0.6 is 23.4 Å². The molecule has 0 aliphatic carbocycles. The molecule has 0 fully saturated rings. The Hall–Kier alpha value is -3.62. The Morgan fingerprint density at radius 2 is 1.73 bits per heavy atom. The fourth-order valence-electron chi connectivity index (χ4n) is 3.69. The van der Waals surface area contributed by atoms with Gasteiger partial charge in [-0.2, -0.15) is 0 Å². The van der Waals surface area contributed by atoms with Gasteiger partial charge in [-0.25, -0.2) is 4.98 Å². The topological polar surface area (TPSA) is 93.1 Å². The van der Waals surface area contributed by atoms with Gasteiger partial charge in [-0.05, 0) is 55.3 Å². The number of thioether (sulfide) groups is 1. The van der Waals surface area contributed by atoms with Crippen molar-refractivity contribution < 1.29 is 9.59 Å². The van der Waals surface area contributed by atoms with Crippen molar-refractivity contribution in [1.82, 2.24) is 20.2 Å². The third-order valence-electron chi connectivity index (χ3n) is 5.52. The fourth-order valence-corrected chi connectivity index (χ4v) is 4.69. The van der Waals surface area contributed by atoms with E-state index in [0.717, 1.165) is 11.1 Å². The largest absolute Gasteiger partial charge is 0.351 e. The van der Waals surface area contributed by atoms with Crippen molar-refractivity contribution in [3.05, 3.63) is 105 Å². The zero-order valence-corrected chi connectivity index (χ0v) is 22.1. The van der Waals surface area contributed by atoms with Crippen LogP contribution in [0.4, 0.5) is 0 Å². The van der Waals surface area contributed by atoms with Gasteiger partial charge in [-0.15, -0.1) is 0 Å². The van der Waals surface area contributed by atoms with E-state index in [9.17, 15) is 14.4 Å². The van der Waals surface area contributed by atoms with E-state index in [2.05, 4.69) is 15.6 Å². The molecule has 0 atom stereocenters. The molecule has 0 bridgehead atoms. The smallest absolute Gasteiger partial charge is 0.262 e. The summed E-state index contributed by atoms with van der Waals surface area (Å²) < 4.78 is 1.54. The second-order valence-electron chi connectivity index (χ2n) is 8.82. The Morgan fingerprint density at radius 3 is 2.43 bits per heavy atom. The first-order valence-corrected chi connectivity index (χ1v) is 13.2. The van der Waals surface area contributed by atoms with Gasteiger partial charge in [0.2, 0.25) is 5.91 Å². The Kier molecular flexibility index (Phi) is 8.63. The van der Waals surface area contributed by atoms with Crippen molar-refractivity contribution in [1.29, 1.82) is 0 Å². The molecule has 0 spiro atoms. The molecule has 2 amide bonds. The Balaban J connectivity index is 1.56. The molecule has 4 rings (SSSR count). The van der Waals surface area contributed by atoms with E-state index in [4.69, 9.17) is 11.6 Å². The number of halogens is 1. The summed E-state index contributed by atoms with van der Waals surface area (Å²) in [5.41, 5.74) is 2.63. The van der Waals surface area contributed by atoms with Crippen molar-refractivity contribution in [3.63, 3.8) is 0 Å². The molecule has 4 aromatic rings. The number of fused-ring (bicyclic) bond motifs is 1. The number of amides is 2. The molecule has 37 heavy (non-hydrogen) atoms. The number of nitrogens with one attached hydrogen (secondary N) is 2. The zero-order chi connectivity index (χ0) is 26.4. The van der Waals surface area contributed by atoms with Gasteiger partial charge in [0.25, 0.3) is 11.5 Å². The van der Waals surface area contributed by atoms with Crippen molar-refractivity contribution in [2.24, 2.45) is 0 Å². The molecule has 1 heterocycles. The first-order valence-electron chi connectivity index (χ1n) is 11.8. The average molecular weight is 535 g/mol. The highest BCUT2D eigenvalue weighted by atomic mass is 35.5. The van der Waals surface area contributed by atoms with Gasteiger partial charge >= 0.3 is 0 Å². The molecule has 0 aliphatic rings. The number of aromatic nitrogens is 2. The third kappa shape index (κ3) is 6.99. The highest BCUT2D eigenvalue weighted by molar-refractivity contribution is 7.99. The highest BCUT2D eigenvalue weighted by Crippen LogP contribution is 2.21. The summed E-state index contributed by atoms with van der Waals surface area (Å²) in [6.45, 7) is 4.46. The minimum atomic E-state index is -0.249. The summed E-state index contributed by atoms with van der Waals surface area (Å²) in [6.07, 6.45) is 0. The second-order valence-corrected chi connectivity index (χ2v) is 10.2. The lowest BCUT2D eigenvalue weighted by Gasteiger charge is -2.14. The molecule has 0 radical (unpaired) electrons. The minimum absolute atomic E-state index is 0.0331. The fraction of sp³-hybridized carbons (Fsp3) is 0.214. The van der Waals surface area contributed by atoms with Crippen LogP contribution in [0.1, 0.15) is 35.3 Å². The van der Waals surface area contributed by atoms with Gasteiger partial charge in [0.1, 0.15) is 0 Å². The van der Waals surface area contributed by atoms with Gasteiger partial charge in [-0.1, -0.05) is 65.8 Å². The van der Waals surface area contributed by atoms with Gasteiger partial charge in [0.15, 0.2) is 5.16 Å². The van der Waals surface area contributed by atoms with Crippen LogP contribution in [-0.2, 0) is 17.9 Å². The van der Waals surface area contributed by atoms with E-state index < -0.39 is 0 Å². The summed E-state index contributed by atoms with van der Waals surface area (Å²) in [5.74, 6) is -0.211. The number of carbonyl (C=O) groups excluding carboxylic acids is 2. The summed E-state index contributed by atoms with van der Waals surface area (Å²) in [4.78, 5) is 42.9. The van der Waals surface area contributed by atoms with Crippen LogP contribution in [0.5, 0.6) is 0 Å². The Bertz CT molecular complexity index is 1470. The van der Waals surface area contributed by atoms with Crippen LogP contribution in [0.25, 0.3) is 10.9 Å². The lowest BCUT2D eigenvalue weighted by molar-refractivity contribution is -0.118. The predicted molar refractivity (Wildman–Crippen MR) is 148 cm³/mol. The maximum Gasteiger partial charge on any atom is 0.262 e. The summed E-state index contributed by atoms with van der Waals surface area (Å²) >= 11 is 7.34. The van der Waals surface area contributed by atoms with Gasteiger partial charge < -0.3 is 10.6 Å². The average Bonchev–Trinajstić information content (AvgIpc) is 2.89. The van der Waals surface area contributed by atoms with E-state index in [1.807, 2.05) is 56.3 Å². The summed E-state index contributed by atoms with van der Waals surface area (Å²) in [5, 5.41) is 7.03. The van der Waals surface area contributed by atoms with Crippen LogP contribution < -0.4 is 16.2 Å². The number of rotatable bonds is 9. The molecule has 7 nitrogen and oxygen atoms in total. The van der Waals surface area contributed by atoms with Gasteiger partial charge in [-0.3, -0.25) is 19.0 Å². The molecule has 190 valence electrons. The van der Waals surface area contributed by atoms with Crippen LogP contribution in [0.2, 0.25) is 5.02 Å². The normalized spacial score (nSPS) is 11.0. The minimum Gasteiger partial charge on any atom is -0.351 e. The zero-order valence-electron chi connectivity index (χ0n) is 20.5. The molecule has 0 unspecified atom stereocenters. The van der Waals surface area contributed by atoms with E-state index in [1.54, 1.807) is 30.3 Å². The van der Waals surface area contributed by atoms with Crippen LogP contribution in [0, 0.1) is 0 Å². The SMILES string of the molecule is CC(C)NC(=O)c1ccc(Cn2c(SCC(=O)NCc3ccccc3)nc3ccc(Cl)cc3c2=O)cc1. The molecular weight excluding hydrogens is 508 g/mol. The molecule has 0 saturated heterocycles. The van der Waals surface area contributed by atoms with Crippen molar-refractivity contribution in [2.45, 2.75) is 38.1 Å². The third-order valence-corrected chi connectivity index (χ3v) is 6.73. The lowest BCUT2D eigenvalue weighted by Crippen LogP contribution is -2.30. The van der Waals surface area contributed by atoms with Gasteiger partial charge in [0, 0.05) is 23.2 Å². The maximum absolute atomic E-state index is 13.4. The molecule has 0 saturated carbocycles. The van der Waals surface area contributed by atoms with E-state index >= 15 is 0 Å². The quantitative estimate of drug-likeness (QED) is 0.241. The van der Waals surface area contributed by atoms with Crippen molar-refractivity contribution >= 4 is 46.1 Å².